The summed E-state index contributed by atoms with van der Waals surface area (Å²) in [6.07, 6.45) is 7.55. The number of pyridine rings is 1. The van der Waals surface area contributed by atoms with E-state index in [1.54, 1.807) is 29.2 Å². The molecule has 0 unspecified atom stereocenters. The van der Waals surface area contributed by atoms with Gasteiger partial charge in [0, 0.05) is 37.6 Å². The number of ether oxygens (including phenoxy) is 2. The van der Waals surface area contributed by atoms with Gasteiger partial charge in [0.2, 0.25) is 0 Å². The Morgan fingerprint density at radius 1 is 1.08 bits per heavy atom. The van der Waals surface area contributed by atoms with Crippen LogP contribution in [0.2, 0.25) is 0 Å². The van der Waals surface area contributed by atoms with Crippen LogP contribution in [0.15, 0.2) is 60.1 Å². The Morgan fingerprint density at radius 3 is 2.18 bits per heavy atom. The Kier molecular flexibility index (Phi) is 11.7. The lowest BCUT2D eigenvalue weighted by molar-refractivity contribution is 0.0668. The number of nitrogens with one attached hydrogen (secondary N) is 1. The molecule has 1 aliphatic heterocycles. The highest BCUT2D eigenvalue weighted by molar-refractivity contribution is 6.00. The second-order valence-electron chi connectivity index (χ2n) is 8.54. The van der Waals surface area contributed by atoms with E-state index < -0.39 is 11.5 Å². The van der Waals surface area contributed by atoms with Crippen molar-refractivity contribution in [3.63, 3.8) is 0 Å². The largest absolute Gasteiger partial charge is 0.506 e. The number of amides is 1. The zero-order valence-corrected chi connectivity index (χ0v) is 23.3. The zero-order chi connectivity index (χ0) is 28.2. The van der Waals surface area contributed by atoms with Gasteiger partial charge < -0.3 is 29.4 Å². The minimum absolute atomic E-state index is 0.281. The van der Waals surface area contributed by atoms with E-state index in [4.69, 9.17) is 9.47 Å². The highest BCUT2D eigenvalue weighted by Gasteiger charge is 2.31. The van der Waals surface area contributed by atoms with Crippen LogP contribution in [0.25, 0.3) is 11.1 Å². The Labute approximate surface area is 225 Å². The van der Waals surface area contributed by atoms with Crippen molar-refractivity contribution in [3.05, 3.63) is 76.9 Å². The molecule has 0 bridgehead atoms. The number of benzene rings is 1. The smallest absolute Gasteiger partial charge is 0.264 e. The monoisotopic (exact) mass is 523 g/mol. The van der Waals surface area contributed by atoms with Gasteiger partial charge in [0.25, 0.3) is 11.5 Å². The third-order valence-corrected chi connectivity index (χ3v) is 6.34. The van der Waals surface area contributed by atoms with E-state index >= 15 is 0 Å². The molecule has 2 aromatic rings. The molecule has 0 saturated carbocycles. The van der Waals surface area contributed by atoms with E-state index in [1.807, 2.05) is 32.9 Å². The SMILES string of the molecule is C=C/C=C\C(=C)N1CCN(C(=O)c2c(O)c(-c3c(OC)cccc3OC)c(CCCC)[nH]c2=O)CC1.CC. The first-order valence-electron chi connectivity index (χ1n) is 13.1. The molecule has 8 heteroatoms. The van der Waals surface area contributed by atoms with Gasteiger partial charge in [0.05, 0.1) is 25.3 Å². The van der Waals surface area contributed by atoms with Crippen molar-refractivity contribution >= 4 is 5.91 Å². The van der Waals surface area contributed by atoms with Crippen LogP contribution in [0.3, 0.4) is 0 Å². The molecule has 3 rings (SSSR count). The predicted octanol–water partition coefficient (Wildman–Crippen LogP) is 5.15. The number of methoxy groups -OCH3 is 2. The second kappa shape index (κ2) is 14.7. The summed E-state index contributed by atoms with van der Waals surface area (Å²) in [4.78, 5) is 33.2. The van der Waals surface area contributed by atoms with E-state index in [0.29, 0.717) is 60.9 Å². The van der Waals surface area contributed by atoms with Gasteiger partial charge in [0.15, 0.2) is 0 Å². The molecule has 1 aromatic carbocycles. The van der Waals surface area contributed by atoms with Gasteiger partial charge in [-0.25, -0.2) is 0 Å². The fourth-order valence-electron chi connectivity index (χ4n) is 4.38. The molecule has 2 N–H and O–H groups in total. The van der Waals surface area contributed by atoms with Crippen LogP contribution in [0, 0.1) is 0 Å². The summed E-state index contributed by atoms with van der Waals surface area (Å²) in [5, 5.41) is 11.5. The summed E-state index contributed by atoms with van der Waals surface area (Å²) in [7, 11) is 3.05. The molecule has 1 saturated heterocycles. The number of rotatable bonds is 10. The van der Waals surface area contributed by atoms with Crippen LogP contribution < -0.4 is 15.0 Å². The maximum atomic E-state index is 13.5. The van der Waals surface area contributed by atoms with Gasteiger partial charge in [-0.3, -0.25) is 9.59 Å². The Bertz CT molecular complexity index is 1180. The standard InChI is InChI=1S/C28H35N3O5.C2H6/c1-6-8-11-19(3)30-15-17-31(18-16-30)28(34)25-26(32)23(20(12-9-7-2)29-27(25)33)24-21(35-4)13-10-14-22(24)36-5;1-2/h6,8,10-11,13-14H,1,3,7,9,12,15-18H2,2,4-5H3,(H2,29,32,33);1-2H3/b11-8-;. The van der Waals surface area contributed by atoms with Gasteiger partial charge in [-0.05, 0) is 31.1 Å². The molecular formula is C30H41N3O5. The molecule has 0 atom stereocenters. The minimum atomic E-state index is -0.609. The number of aromatic hydroxyl groups is 1. The highest BCUT2D eigenvalue weighted by atomic mass is 16.5. The van der Waals surface area contributed by atoms with Crippen molar-refractivity contribution in [1.82, 2.24) is 14.8 Å². The van der Waals surface area contributed by atoms with Crippen molar-refractivity contribution in [3.8, 4) is 28.4 Å². The number of hydrogen-bond acceptors (Lipinski definition) is 6. The van der Waals surface area contributed by atoms with E-state index in [2.05, 4.69) is 23.0 Å². The van der Waals surface area contributed by atoms with E-state index in [-0.39, 0.29) is 11.3 Å². The first-order valence-corrected chi connectivity index (χ1v) is 13.1. The molecule has 1 aliphatic rings. The lowest BCUT2D eigenvalue weighted by Gasteiger charge is -2.36. The van der Waals surface area contributed by atoms with Crippen molar-refractivity contribution in [2.75, 3.05) is 40.4 Å². The molecule has 1 amide bonds. The molecule has 38 heavy (non-hydrogen) atoms. The van der Waals surface area contributed by atoms with Crippen LogP contribution in [-0.4, -0.2) is 66.2 Å². The molecule has 8 nitrogen and oxygen atoms in total. The highest BCUT2D eigenvalue weighted by Crippen LogP contribution is 2.44. The predicted molar refractivity (Wildman–Crippen MR) is 153 cm³/mol. The van der Waals surface area contributed by atoms with Gasteiger partial charge in [-0.15, -0.1) is 0 Å². The summed E-state index contributed by atoms with van der Waals surface area (Å²) < 4.78 is 11.1. The number of allylic oxidation sites excluding steroid dienone is 3. The molecule has 0 radical (unpaired) electrons. The maximum absolute atomic E-state index is 13.5. The van der Waals surface area contributed by atoms with Crippen molar-refractivity contribution < 1.29 is 19.4 Å². The zero-order valence-electron chi connectivity index (χ0n) is 23.3. The maximum Gasteiger partial charge on any atom is 0.264 e. The number of carbonyl (C=O) groups is 1. The number of aryl methyl sites for hydroxylation is 1. The minimum Gasteiger partial charge on any atom is -0.506 e. The summed E-state index contributed by atoms with van der Waals surface area (Å²) in [6, 6.07) is 5.28. The molecule has 0 spiro atoms. The van der Waals surface area contributed by atoms with Crippen LogP contribution >= 0.6 is 0 Å². The molecule has 0 aliphatic carbocycles. The molecular weight excluding hydrogens is 482 g/mol. The quantitative estimate of drug-likeness (QED) is 0.419. The fourth-order valence-corrected chi connectivity index (χ4v) is 4.38. The Hall–Kier alpha value is -3.94. The van der Waals surface area contributed by atoms with Gasteiger partial charge in [-0.1, -0.05) is 58.6 Å². The number of H-pyrrole nitrogens is 1. The number of carbonyl (C=O) groups excluding carboxylic acids is 1. The van der Waals surface area contributed by atoms with E-state index in [0.717, 1.165) is 18.5 Å². The number of unbranched alkanes of at least 4 members (excludes halogenated alkanes) is 1. The van der Waals surface area contributed by atoms with Crippen molar-refractivity contribution in [1.29, 1.82) is 0 Å². The fraction of sp³-hybridized carbons (Fsp3) is 0.400. The Balaban J connectivity index is 0.00000247. The average Bonchev–Trinajstić information content (AvgIpc) is 2.95. The number of aromatic nitrogens is 1. The lowest BCUT2D eigenvalue weighted by Crippen LogP contribution is -2.48. The van der Waals surface area contributed by atoms with Gasteiger partial charge >= 0.3 is 0 Å². The molecule has 2 heterocycles. The van der Waals surface area contributed by atoms with E-state index in [9.17, 15) is 14.7 Å². The molecule has 1 aromatic heterocycles. The van der Waals surface area contributed by atoms with Crippen molar-refractivity contribution in [2.45, 2.75) is 40.0 Å². The average molecular weight is 524 g/mol. The first kappa shape index (κ1) is 30.3. The van der Waals surface area contributed by atoms with Gasteiger partial charge in [-0.2, -0.15) is 0 Å². The summed E-state index contributed by atoms with van der Waals surface area (Å²) in [5.41, 5.74) is 1.31. The van der Waals surface area contributed by atoms with Crippen LogP contribution in [0.5, 0.6) is 17.2 Å². The third kappa shape index (κ3) is 6.68. The summed E-state index contributed by atoms with van der Waals surface area (Å²) in [6.45, 7) is 15.7. The third-order valence-electron chi connectivity index (χ3n) is 6.34. The topological polar surface area (TPSA) is 95.1 Å². The molecule has 206 valence electrons. The normalized spacial score (nSPS) is 13.1. The van der Waals surface area contributed by atoms with Crippen LogP contribution in [-0.2, 0) is 6.42 Å². The van der Waals surface area contributed by atoms with E-state index in [1.165, 1.54) is 14.2 Å². The number of piperazine rings is 1. The lowest BCUT2D eigenvalue weighted by atomic mass is 9.95. The van der Waals surface area contributed by atoms with Crippen LogP contribution in [0.4, 0.5) is 0 Å². The summed E-state index contributed by atoms with van der Waals surface area (Å²) in [5.74, 6) is 0.0521. The van der Waals surface area contributed by atoms with Gasteiger partial charge in [0.1, 0.15) is 22.8 Å². The number of hydrogen-bond donors (Lipinski definition) is 2. The van der Waals surface area contributed by atoms with Crippen LogP contribution in [0.1, 0.15) is 49.7 Å². The first-order chi connectivity index (χ1) is 18.4. The number of nitrogens with zero attached hydrogens (tertiary/aromatic N) is 2. The molecule has 1 fully saturated rings. The second-order valence-corrected chi connectivity index (χ2v) is 8.54. The Morgan fingerprint density at radius 2 is 1.66 bits per heavy atom. The van der Waals surface area contributed by atoms with Crippen molar-refractivity contribution in [2.24, 2.45) is 0 Å². The number of aromatic amines is 1. The summed E-state index contributed by atoms with van der Waals surface area (Å²) >= 11 is 0.